The summed E-state index contributed by atoms with van der Waals surface area (Å²) in [4.78, 5) is 17.0. The second-order valence-corrected chi connectivity index (χ2v) is 6.87. The van der Waals surface area contributed by atoms with Gasteiger partial charge in [0.2, 0.25) is 0 Å². The molecule has 0 fully saturated rings. The van der Waals surface area contributed by atoms with Crippen molar-refractivity contribution >= 4 is 17.2 Å². The Morgan fingerprint density at radius 2 is 1.75 bits per heavy atom. The van der Waals surface area contributed by atoms with E-state index in [4.69, 9.17) is 14.2 Å². The van der Waals surface area contributed by atoms with E-state index in [1.807, 2.05) is 29.6 Å². The molecule has 2 aromatic carbocycles. The molecular weight excluding hydrogens is 376 g/mol. The van der Waals surface area contributed by atoms with E-state index in [0.29, 0.717) is 30.0 Å². The first-order valence-electron chi connectivity index (χ1n) is 8.73. The first-order valence-corrected chi connectivity index (χ1v) is 9.61. The highest BCUT2D eigenvalue weighted by Crippen LogP contribution is 2.27. The van der Waals surface area contributed by atoms with Gasteiger partial charge in [-0.05, 0) is 42.5 Å². The molecule has 0 spiro atoms. The Bertz CT molecular complexity index is 938. The highest BCUT2D eigenvalue weighted by molar-refractivity contribution is 7.09. The summed E-state index contributed by atoms with van der Waals surface area (Å²) >= 11 is 1.58. The van der Waals surface area contributed by atoms with Gasteiger partial charge >= 0.3 is 0 Å². The Labute approximate surface area is 168 Å². The van der Waals surface area contributed by atoms with Crippen molar-refractivity contribution in [3.05, 3.63) is 58.4 Å². The molecule has 6 nitrogen and oxygen atoms in total. The number of hydrogen-bond acceptors (Lipinski definition) is 6. The normalized spacial score (nSPS) is 10.4. The molecule has 1 heterocycles. The van der Waals surface area contributed by atoms with Crippen LogP contribution < -0.4 is 19.5 Å². The third-order valence-corrected chi connectivity index (χ3v) is 5.12. The van der Waals surface area contributed by atoms with Crippen LogP contribution in [-0.4, -0.2) is 38.8 Å². The fourth-order valence-corrected chi connectivity index (χ4v) is 3.49. The fraction of sp³-hybridized carbons (Fsp3) is 0.238. The summed E-state index contributed by atoms with van der Waals surface area (Å²) in [6.45, 7) is 0.503. The molecule has 1 aromatic heterocycles. The van der Waals surface area contributed by atoms with Crippen molar-refractivity contribution in [1.29, 1.82) is 0 Å². The third kappa shape index (κ3) is 4.61. The Morgan fingerprint density at radius 3 is 2.43 bits per heavy atom. The SMILES string of the molecule is COc1ccc(-c2csc(CCNC(=O)c3ccc(OC)c(OC)c3)n2)cc1. The minimum atomic E-state index is -0.159. The van der Waals surface area contributed by atoms with E-state index in [1.165, 1.54) is 0 Å². The van der Waals surface area contributed by atoms with Crippen molar-refractivity contribution in [1.82, 2.24) is 10.3 Å². The molecular formula is C21H22N2O4S. The number of amides is 1. The summed E-state index contributed by atoms with van der Waals surface area (Å²) in [7, 11) is 4.75. The molecule has 0 saturated carbocycles. The van der Waals surface area contributed by atoms with Crippen LogP contribution in [0.15, 0.2) is 47.8 Å². The Kier molecular flexibility index (Phi) is 6.49. The first kappa shape index (κ1) is 19.7. The predicted octanol–water partition coefficient (Wildman–Crippen LogP) is 3.81. The van der Waals surface area contributed by atoms with Gasteiger partial charge in [-0.3, -0.25) is 4.79 Å². The van der Waals surface area contributed by atoms with Gasteiger partial charge in [0, 0.05) is 29.5 Å². The summed E-state index contributed by atoms with van der Waals surface area (Å²) in [5.74, 6) is 1.78. The predicted molar refractivity (Wildman–Crippen MR) is 110 cm³/mol. The number of carbonyl (C=O) groups excluding carboxylic acids is 1. The number of rotatable bonds is 8. The lowest BCUT2D eigenvalue weighted by atomic mass is 10.2. The number of aromatic nitrogens is 1. The summed E-state index contributed by atoms with van der Waals surface area (Å²) in [6, 6.07) is 12.9. The van der Waals surface area contributed by atoms with Gasteiger partial charge in [0.1, 0.15) is 5.75 Å². The largest absolute Gasteiger partial charge is 0.497 e. The van der Waals surface area contributed by atoms with Crippen LogP contribution in [0.25, 0.3) is 11.3 Å². The summed E-state index contributed by atoms with van der Waals surface area (Å²) in [5.41, 5.74) is 2.49. The lowest BCUT2D eigenvalue weighted by Gasteiger charge is -2.09. The highest BCUT2D eigenvalue weighted by Gasteiger charge is 2.11. The van der Waals surface area contributed by atoms with Crippen molar-refractivity contribution in [3.8, 4) is 28.5 Å². The number of thiazole rings is 1. The zero-order valence-electron chi connectivity index (χ0n) is 16.0. The molecule has 3 rings (SSSR count). The van der Waals surface area contributed by atoms with Crippen molar-refractivity contribution in [2.24, 2.45) is 0 Å². The van der Waals surface area contributed by atoms with Gasteiger partial charge in [-0.2, -0.15) is 0 Å². The minimum Gasteiger partial charge on any atom is -0.497 e. The number of nitrogens with zero attached hydrogens (tertiary/aromatic N) is 1. The van der Waals surface area contributed by atoms with Crippen LogP contribution in [0.1, 0.15) is 15.4 Å². The zero-order valence-corrected chi connectivity index (χ0v) is 16.8. The van der Waals surface area contributed by atoms with Gasteiger partial charge in [-0.1, -0.05) is 0 Å². The van der Waals surface area contributed by atoms with Crippen LogP contribution in [0.4, 0.5) is 0 Å². The maximum atomic E-state index is 12.4. The maximum Gasteiger partial charge on any atom is 0.251 e. The number of hydrogen-bond donors (Lipinski definition) is 1. The standard InChI is InChI=1S/C21H22N2O4S/c1-25-16-7-4-14(5-8-16)17-13-28-20(23-17)10-11-22-21(24)15-6-9-18(26-2)19(12-15)27-3/h4-9,12-13H,10-11H2,1-3H3,(H,22,24). The number of carbonyl (C=O) groups is 1. The van der Waals surface area contributed by atoms with Gasteiger partial charge in [-0.25, -0.2) is 4.98 Å². The van der Waals surface area contributed by atoms with E-state index in [-0.39, 0.29) is 5.91 Å². The average Bonchev–Trinajstić information content (AvgIpc) is 3.22. The van der Waals surface area contributed by atoms with Crippen LogP contribution in [0.3, 0.4) is 0 Å². The molecule has 146 valence electrons. The maximum absolute atomic E-state index is 12.4. The lowest BCUT2D eigenvalue weighted by molar-refractivity contribution is 0.0953. The molecule has 0 saturated heterocycles. The topological polar surface area (TPSA) is 69.7 Å². The van der Waals surface area contributed by atoms with E-state index in [9.17, 15) is 4.79 Å². The fourth-order valence-electron chi connectivity index (χ4n) is 2.68. The number of ether oxygens (including phenoxy) is 3. The Hall–Kier alpha value is -3.06. The van der Waals surface area contributed by atoms with E-state index in [0.717, 1.165) is 22.0 Å². The van der Waals surface area contributed by atoms with Crippen LogP contribution >= 0.6 is 11.3 Å². The van der Waals surface area contributed by atoms with Gasteiger partial charge in [0.25, 0.3) is 5.91 Å². The molecule has 0 aliphatic carbocycles. The molecule has 0 bridgehead atoms. The van der Waals surface area contributed by atoms with Gasteiger partial charge in [0.05, 0.1) is 32.0 Å². The van der Waals surface area contributed by atoms with E-state index in [2.05, 4.69) is 10.3 Å². The van der Waals surface area contributed by atoms with E-state index in [1.54, 1.807) is 50.9 Å². The van der Waals surface area contributed by atoms with Gasteiger partial charge in [-0.15, -0.1) is 11.3 Å². The molecule has 0 atom stereocenters. The molecule has 1 amide bonds. The molecule has 7 heteroatoms. The smallest absolute Gasteiger partial charge is 0.251 e. The number of nitrogens with one attached hydrogen (secondary N) is 1. The summed E-state index contributed by atoms with van der Waals surface area (Å²) < 4.78 is 15.6. The van der Waals surface area contributed by atoms with Crippen molar-refractivity contribution < 1.29 is 19.0 Å². The molecule has 0 aliphatic rings. The van der Waals surface area contributed by atoms with Gasteiger partial charge < -0.3 is 19.5 Å². The summed E-state index contributed by atoms with van der Waals surface area (Å²) in [6.07, 6.45) is 0.667. The van der Waals surface area contributed by atoms with E-state index >= 15 is 0 Å². The highest BCUT2D eigenvalue weighted by atomic mass is 32.1. The third-order valence-electron chi connectivity index (χ3n) is 4.21. The van der Waals surface area contributed by atoms with Crippen LogP contribution in [-0.2, 0) is 6.42 Å². The van der Waals surface area contributed by atoms with Crippen molar-refractivity contribution in [2.45, 2.75) is 6.42 Å². The Morgan fingerprint density at radius 1 is 1.00 bits per heavy atom. The minimum absolute atomic E-state index is 0.159. The monoisotopic (exact) mass is 398 g/mol. The van der Waals surface area contributed by atoms with Gasteiger partial charge in [0.15, 0.2) is 11.5 Å². The molecule has 0 unspecified atom stereocenters. The second-order valence-electron chi connectivity index (χ2n) is 5.93. The van der Waals surface area contributed by atoms with Crippen molar-refractivity contribution in [2.75, 3.05) is 27.9 Å². The zero-order chi connectivity index (χ0) is 19.9. The van der Waals surface area contributed by atoms with Crippen LogP contribution in [0.2, 0.25) is 0 Å². The number of benzene rings is 2. The molecule has 0 radical (unpaired) electrons. The van der Waals surface area contributed by atoms with E-state index < -0.39 is 0 Å². The molecule has 0 aliphatic heterocycles. The lowest BCUT2D eigenvalue weighted by Crippen LogP contribution is -2.25. The van der Waals surface area contributed by atoms with Crippen LogP contribution in [0, 0.1) is 0 Å². The first-order chi connectivity index (χ1) is 13.6. The Balaban J connectivity index is 1.56. The summed E-state index contributed by atoms with van der Waals surface area (Å²) in [5, 5.41) is 5.91. The molecule has 1 N–H and O–H groups in total. The molecule has 3 aromatic rings. The average molecular weight is 398 g/mol. The quantitative estimate of drug-likeness (QED) is 0.625. The van der Waals surface area contributed by atoms with Crippen LogP contribution in [0.5, 0.6) is 17.2 Å². The second kappa shape index (κ2) is 9.23. The molecule has 28 heavy (non-hydrogen) atoms. The van der Waals surface area contributed by atoms with Crippen molar-refractivity contribution in [3.63, 3.8) is 0 Å². The number of methoxy groups -OCH3 is 3.